The van der Waals surface area contributed by atoms with Crippen molar-refractivity contribution >= 4 is 22.9 Å². The lowest BCUT2D eigenvalue weighted by Gasteiger charge is -2.07. The van der Waals surface area contributed by atoms with Crippen LogP contribution in [0.15, 0.2) is 35.7 Å². The molecule has 2 rings (SSSR count). The van der Waals surface area contributed by atoms with Gasteiger partial charge in [0, 0.05) is 5.56 Å². The molecular weight excluding hydrogens is 256 g/mol. The molecule has 0 aliphatic heterocycles. The van der Waals surface area contributed by atoms with Crippen molar-refractivity contribution in [3.8, 4) is 11.8 Å². The first-order valence-corrected chi connectivity index (χ1v) is 6.73. The molecule has 0 radical (unpaired) electrons. The van der Waals surface area contributed by atoms with Crippen LogP contribution in [0.25, 0.3) is 0 Å². The quantitative estimate of drug-likeness (QED) is 0.824. The first kappa shape index (κ1) is 13.3. The lowest BCUT2D eigenvalue weighted by Crippen LogP contribution is -2.11. The van der Waals surface area contributed by atoms with Gasteiger partial charge in [0.1, 0.15) is 0 Å². The van der Waals surface area contributed by atoms with Crippen molar-refractivity contribution < 1.29 is 4.79 Å². The Balaban J connectivity index is 2.27. The highest BCUT2D eigenvalue weighted by molar-refractivity contribution is 7.12. The van der Waals surface area contributed by atoms with Crippen LogP contribution in [0.2, 0.25) is 0 Å². The Morgan fingerprint density at radius 1 is 1.42 bits per heavy atom. The fourth-order valence-electron chi connectivity index (χ4n) is 1.61. The van der Waals surface area contributed by atoms with Gasteiger partial charge in [-0.1, -0.05) is 24.0 Å². The summed E-state index contributed by atoms with van der Waals surface area (Å²) >= 11 is 1.41. The molecule has 1 aromatic carbocycles. The van der Waals surface area contributed by atoms with E-state index in [4.69, 9.17) is 5.73 Å². The summed E-state index contributed by atoms with van der Waals surface area (Å²) in [6.07, 6.45) is 0. The highest BCUT2D eigenvalue weighted by Gasteiger charge is 2.09. The second-order valence-corrected chi connectivity index (χ2v) is 4.93. The van der Waals surface area contributed by atoms with E-state index in [-0.39, 0.29) is 5.91 Å². The monoisotopic (exact) mass is 270 g/mol. The molecule has 3 nitrogen and oxygen atoms in total. The minimum Gasteiger partial charge on any atom is -0.320 e. The van der Waals surface area contributed by atoms with Crippen LogP contribution in [-0.4, -0.2) is 12.5 Å². The van der Waals surface area contributed by atoms with Gasteiger partial charge in [0.05, 0.1) is 17.1 Å². The summed E-state index contributed by atoms with van der Waals surface area (Å²) in [6, 6.07) is 9.38. The lowest BCUT2D eigenvalue weighted by atomic mass is 10.1. The molecule has 0 atom stereocenters. The highest BCUT2D eigenvalue weighted by Crippen LogP contribution is 2.18. The predicted octanol–water partition coefficient (Wildman–Crippen LogP) is 2.62. The van der Waals surface area contributed by atoms with Crippen LogP contribution in [0, 0.1) is 18.8 Å². The molecule has 0 aliphatic rings. The fraction of sp³-hybridized carbons (Fsp3) is 0.133. The van der Waals surface area contributed by atoms with Crippen molar-refractivity contribution in [1.29, 1.82) is 0 Å². The molecule has 0 saturated heterocycles. The number of carbonyl (C=O) groups excluding carboxylic acids is 1. The van der Waals surface area contributed by atoms with Gasteiger partial charge in [-0.3, -0.25) is 4.79 Å². The second kappa shape index (κ2) is 6.19. The molecule has 4 heteroatoms. The van der Waals surface area contributed by atoms with Crippen molar-refractivity contribution in [2.75, 3.05) is 11.9 Å². The van der Waals surface area contributed by atoms with Gasteiger partial charge >= 0.3 is 0 Å². The number of nitrogens with two attached hydrogens (primary N) is 1. The number of benzene rings is 1. The Morgan fingerprint density at radius 3 is 2.95 bits per heavy atom. The maximum atomic E-state index is 12.0. The van der Waals surface area contributed by atoms with E-state index in [1.165, 1.54) is 11.3 Å². The molecule has 0 aliphatic carbocycles. The number of hydrogen-bond acceptors (Lipinski definition) is 3. The molecule has 0 unspecified atom stereocenters. The standard InChI is InChI=1S/C15H14N2OS/c1-11-6-7-13(12(10-11)4-2-8-16)17-15(18)14-5-3-9-19-14/h3,5-7,9-10H,8,16H2,1H3,(H,17,18). The maximum absolute atomic E-state index is 12.0. The summed E-state index contributed by atoms with van der Waals surface area (Å²) in [5, 5.41) is 4.75. The number of carbonyl (C=O) groups is 1. The third kappa shape index (κ3) is 3.44. The van der Waals surface area contributed by atoms with E-state index in [0.29, 0.717) is 17.1 Å². The van der Waals surface area contributed by atoms with Crippen molar-refractivity contribution in [3.63, 3.8) is 0 Å². The van der Waals surface area contributed by atoms with E-state index in [2.05, 4.69) is 17.2 Å². The van der Waals surface area contributed by atoms with Gasteiger partial charge in [0.2, 0.25) is 0 Å². The van der Waals surface area contributed by atoms with Crippen molar-refractivity contribution in [2.45, 2.75) is 6.92 Å². The Kier molecular flexibility index (Phi) is 4.35. The van der Waals surface area contributed by atoms with Crippen LogP contribution < -0.4 is 11.1 Å². The molecule has 2 aromatic rings. The number of thiophene rings is 1. The summed E-state index contributed by atoms with van der Waals surface area (Å²) in [5.74, 6) is 5.67. The van der Waals surface area contributed by atoms with Crippen molar-refractivity contribution in [1.82, 2.24) is 0 Å². The molecular formula is C15H14N2OS. The molecule has 0 spiro atoms. The summed E-state index contributed by atoms with van der Waals surface area (Å²) in [7, 11) is 0. The van der Waals surface area contributed by atoms with Crippen molar-refractivity contribution in [3.05, 3.63) is 51.7 Å². The van der Waals surface area contributed by atoms with Crippen molar-refractivity contribution in [2.24, 2.45) is 5.73 Å². The molecule has 19 heavy (non-hydrogen) atoms. The summed E-state index contributed by atoms with van der Waals surface area (Å²) < 4.78 is 0. The maximum Gasteiger partial charge on any atom is 0.265 e. The van der Waals surface area contributed by atoms with Crippen LogP contribution in [0.5, 0.6) is 0 Å². The van der Waals surface area contributed by atoms with Crippen LogP contribution in [-0.2, 0) is 0 Å². The number of aryl methyl sites for hydroxylation is 1. The van der Waals surface area contributed by atoms with E-state index in [0.717, 1.165) is 11.1 Å². The topological polar surface area (TPSA) is 55.1 Å². The van der Waals surface area contributed by atoms with Crippen LogP contribution in [0.4, 0.5) is 5.69 Å². The first-order chi connectivity index (χ1) is 9.20. The summed E-state index contributed by atoms with van der Waals surface area (Å²) in [4.78, 5) is 12.7. The molecule has 0 fully saturated rings. The Hall–Kier alpha value is -2.09. The number of nitrogens with one attached hydrogen (secondary N) is 1. The third-order valence-corrected chi connectivity index (χ3v) is 3.36. The molecule has 1 aromatic heterocycles. The van der Waals surface area contributed by atoms with E-state index in [1.807, 2.05) is 36.6 Å². The fourth-order valence-corrected chi connectivity index (χ4v) is 2.23. The Labute approximate surface area is 116 Å². The highest BCUT2D eigenvalue weighted by atomic mass is 32.1. The molecule has 96 valence electrons. The minimum atomic E-state index is -0.116. The Bertz CT molecular complexity index is 636. The average molecular weight is 270 g/mol. The molecule has 0 saturated carbocycles. The molecule has 1 heterocycles. The number of amides is 1. The number of hydrogen-bond donors (Lipinski definition) is 2. The van der Waals surface area contributed by atoms with Crippen LogP contribution in [0.3, 0.4) is 0 Å². The zero-order chi connectivity index (χ0) is 13.7. The smallest absolute Gasteiger partial charge is 0.265 e. The summed E-state index contributed by atoms with van der Waals surface area (Å²) in [6.45, 7) is 2.28. The molecule has 0 bridgehead atoms. The van der Waals surface area contributed by atoms with E-state index >= 15 is 0 Å². The number of rotatable bonds is 2. The lowest BCUT2D eigenvalue weighted by molar-refractivity contribution is 0.103. The van der Waals surface area contributed by atoms with Gasteiger partial charge in [-0.25, -0.2) is 0 Å². The van der Waals surface area contributed by atoms with E-state index in [1.54, 1.807) is 6.07 Å². The van der Waals surface area contributed by atoms with Crippen LogP contribution >= 0.6 is 11.3 Å². The zero-order valence-electron chi connectivity index (χ0n) is 10.6. The number of anilines is 1. The second-order valence-electron chi connectivity index (χ2n) is 3.99. The minimum absolute atomic E-state index is 0.116. The van der Waals surface area contributed by atoms with Gasteiger partial charge in [-0.05, 0) is 36.1 Å². The van der Waals surface area contributed by atoms with Crippen LogP contribution in [0.1, 0.15) is 20.8 Å². The van der Waals surface area contributed by atoms with Gasteiger partial charge in [0.15, 0.2) is 0 Å². The van der Waals surface area contributed by atoms with Gasteiger partial charge in [-0.2, -0.15) is 0 Å². The summed E-state index contributed by atoms with van der Waals surface area (Å²) in [5.41, 5.74) is 7.98. The third-order valence-electron chi connectivity index (χ3n) is 2.49. The normalized spacial score (nSPS) is 9.58. The van der Waals surface area contributed by atoms with Gasteiger partial charge in [0.25, 0.3) is 5.91 Å². The molecule has 3 N–H and O–H groups in total. The predicted molar refractivity (Wildman–Crippen MR) is 79.4 cm³/mol. The zero-order valence-corrected chi connectivity index (χ0v) is 11.4. The first-order valence-electron chi connectivity index (χ1n) is 5.85. The largest absolute Gasteiger partial charge is 0.320 e. The average Bonchev–Trinajstić information content (AvgIpc) is 2.93. The van der Waals surface area contributed by atoms with Gasteiger partial charge in [-0.15, -0.1) is 11.3 Å². The van der Waals surface area contributed by atoms with Gasteiger partial charge < -0.3 is 11.1 Å². The Morgan fingerprint density at radius 2 is 2.26 bits per heavy atom. The molecule has 1 amide bonds. The van der Waals surface area contributed by atoms with E-state index < -0.39 is 0 Å². The van der Waals surface area contributed by atoms with E-state index in [9.17, 15) is 4.79 Å². The SMILES string of the molecule is Cc1ccc(NC(=O)c2cccs2)c(C#CCN)c1.